The van der Waals surface area contributed by atoms with Crippen LogP contribution in [0.3, 0.4) is 0 Å². The normalized spacial score (nSPS) is 23.8. The van der Waals surface area contributed by atoms with Crippen LogP contribution in [0.2, 0.25) is 0 Å². The van der Waals surface area contributed by atoms with Gasteiger partial charge in [-0.15, -0.1) is 0 Å². The number of Topliss-reactive ketones (excluding diaryl/α,β-unsaturated/α-hetero) is 1. The number of carboxylic acids is 1. The fraction of sp³-hybridized carbons (Fsp3) is 0.631. The predicted molar refractivity (Wildman–Crippen MR) is 336 cm³/mol. The molecule has 0 spiro atoms. The van der Waals surface area contributed by atoms with Crippen molar-refractivity contribution in [2.45, 2.75) is 209 Å². The first-order chi connectivity index (χ1) is 46.4. The second kappa shape index (κ2) is 35.9. The van der Waals surface area contributed by atoms with E-state index in [1.54, 1.807) is 13.8 Å². The number of phenols is 2. The van der Waals surface area contributed by atoms with Crippen molar-refractivity contribution in [1.29, 1.82) is 0 Å². The van der Waals surface area contributed by atoms with Gasteiger partial charge in [0.25, 0.3) is 0 Å². The zero-order chi connectivity index (χ0) is 72.2. The summed E-state index contributed by atoms with van der Waals surface area (Å²) in [6.07, 6.45) is -7.18. The summed E-state index contributed by atoms with van der Waals surface area (Å²) in [6.45, 7) is 2.82. The van der Waals surface area contributed by atoms with E-state index in [1.807, 2.05) is 0 Å². The number of rotatable bonds is 32. The Morgan fingerprint density at radius 1 is 0.788 bits per heavy atom. The van der Waals surface area contributed by atoms with Crippen molar-refractivity contribution in [3.05, 3.63) is 51.6 Å². The molecule has 2 aromatic carbocycles. The van der Waals surface area contributed by atoms with E-state index < -0.39 is 236 Å². The third kappa shape index (κ3) is 19.6. The van der Waals surface area contributed by atoms with Gasteiger partial charge in [-0.3, -0.25) is 52.7 Å². The number of likely N-dealkylation sites (tertiary alicyclic amines) is 1. The molecule has 2 heterocycles. The van der Waals surface area contributed by atoms with Crippen LogP contribution in [-0.2, 0) is 63.8 Å². The third-order valence-corrected chi connectivity index (χ3v) is 18.5. The number of hydrogen-bond acceptors (Lipinski definition) is 25. The van der Waals surface area contributed by atoms with Crippen molar-refractivity contribution in [2.75, 3.05) is 40.0 Å². The molecular weight excluding hydrogens is 1310 g/mol. The summed E-state index contributed by atoms with van der Waals surface area (Å²) >= 11 is 0. The van der Waals surface area contributed by atoms with Crippen LogP contribution in [-0.4, -0.2) is 235 Å². The summed E-state index contributed by atoms with van der Waals surface area (Å²) < 4.78 is 17.7. The number of aliphatic hydroxyl groups excluding tert-OH is 5. The van der Waals surface area contributed by atoms with Gasteiger partial charge in [0.2, 0.25) is 53.0 Å². The molecule has 14 atom stereocenters. The Labute approximate surface area is 592 Å². The summed E-state index contributed by atoms with van der Waals surface area (Å²) in [5.41, 5.74) is 0.650. The first kappa shape index (κ1) is 80.7. The van der Waals surface area contributed by atoms with Crippen LogP contribution in [0.1, 0.15) is 167 Å². The van der Waals surface area contributed by atoms with E-state index in [4.69, 9.17) is 19.9 Å². The van der Waals surface area contributed by atoms with Crippen molar-refractivity contribution >= 4 is 70.6 Å². The molecule has 99 heavy (non-hydrogen) atoms. The molecule has 3 aliphatic carbocycles. The minimum absolute atomic E-state index is 0. The summed E-state index contributed by atoms with van der Waals surface area (Å²) in [6, 6.07) is -6.57. The molecule has 2 saturated heterocycles. The number of amides is 8. The van der Waals surface area contributed by atoms with Crippen LogP contribution in [0.5, 0.6) is 17.2 Å². The van der Waals surface area contributed by atoms with E-state index in [1.165, 1.54) is 39.2 Å². The van der Waals surface area contributed by atoms with Gasteiger partial charge in [-0.25, -0.2) is 0 Å². The molecule has 540 valence electrons. The van der Waals surface area contributed by atoms with Crippen LogP contribution in [0.4, 0.5) is 0 Å². The van der Waals surface area contributed by atoms with Crippen LogP contribution < -0.4 is 82.4 Å². The molecule has 5 aliphatic rings. The fourth-order valence-corrected chi connectivity index (χ4v) is 13.3. The van der Waals surface area contributed by atoms with Crippen LogP contribution in [0.25, 0.3) is 0 Å². The average molecular weight is 1400 g/mol. The molecule has 1 saturated carbocycles. The number of nitrogens with two attached hydrogens (primary N) is 1. The Hall–Kier alpha value is -7.28. The van der Waals surface area contributed by atoms with Crippen molar-refractivity contribution in [3.63, 3.8) is 0 Å². The molecule has 34 heteroatoms. The largest absolute Gasteiger partial charge is 1.00 e. The van der Waals surface area contributed by atoms with Crippen LogP contribution in [0, 0.1) is 11.8 Å². The quantitative estimate of drug-likeness (QED) is 0.0204. The van der Waals surface area contributed by atoms with Crippen molar-refractivity contribution in [3.8, 4) is 17.2 Å². The maximum atomic E-state index is 14.4. The molecule has 17 N–H and O–H groups in total. The van der Waals surface area contributed by atoms with Gasteiger partial charge in [0.1, 0.15) is 65.8 Å². The number of nitrogens with zero attached hydrogens (tertiary/aromatic N) is 1. The number of benzene rings is 2. The Kier molecular flexibility index (Phi) is 29.2. The number of aliphatic carboxylic acids is 1. The third-order valence-electron chi connectivity index (χ3n) is 18.5. The number of hydrogen-bond donors (Lipinski definition) is 16. The number of ether oxygens (including phenoxy) is 3. The Balaban J connectivity index is 0.0000155. The molecular formula is C65H90N9NaO24. The number of carbonyl (C=O) groups is 12. The number of fused-ring (bicyclic) bond motifs is 3. The smallest absolute Gasteiger partial charge is 0.550 e. The number of carbonyl (C=O) groups excluding carboxylic acids is 12. The number of primary amides is 1. The molecule has 0 radical (unpaired) electrons. The maximum absolute atomic E-state index is 14.4. The topological polar surface area (TPSA) is 531 Å². The number of aromatic hydroxyl groups is 2. The van der Waals surface area contributed by atoms with E-state index >= 15 is 0 Å². The maximum Gasteiger partial charge on any atom is 1.00 e. The zero-order valence-electron chi connectivity index (χ0n) is 56.2. The number of aliphatic hydroxyl groups is 6. The molecule has 8 amide bonds. The summed E-state index contributed by atoms with van der Waals surface area (Å²) in [5.74, 6) is -13.5. The minimum Gasteiger partial charge on any atom is -0.550 e. The van der Waals surface area contributed by atoms with Crippen molar-refractivity contribution in [1.82, 2.24) is 42.1 Å². The predicted octanol–water partition coefficient (Wildman–Crippen LogP) is -7.68. The molecule has 3 fully saturated rings. The molecule has 7 rings (SSSR count). The van der Waals surface area contributed by atoms with Crippen molar-refractivity contribution in [2.24, 2.45) is 17.6 Å². The molecule has 2 aromatic rings. The van der Waals surface area contributed by atoms with E-state index in [0.29, 0.717) is 12.8 Å². The van der Waals surface area contributed by atoms with Gasteiger partial charge in [-0.1, -0.05) is 45.2 Å². The second-order valence-corrected chi connectivity index (χ2v) is 26.2. The molecule has 0 bridgehead atoms. The van der Waals surface area contributed by atoms with Crippen molar-refractivity contribution < 1.29 is 147 Å². The van der Waals surface area contributed by atoms with Gasteiger partial charge in [-0.05, 0) is 70.3 Å². The number of nitrogens with one attached hydrogen (secondary N) is 7. The standard InChI is InChI=1S/C65H91N9O24.Na/c1-29(2)19-39(61(91)71-38-21-48(97-31(4)54(38)84)98-43-23-65(95,44(79)28-77)22-36-50(43)58(88)52-51(56(36)86)55(85)35-13-9-14-42(96-5)49(35)57(52)87)72-62(92)40(27-76)73-60(90)37(17-18-45(66)80)70-64(94)53(32-11-7-6-8-12-32)67-24-33(26-75)69-59(89)30(3)68-63(93)41-20-34(78)25-74(41)46(81)15-10-16-47(82)83;/h9,13-14,29-34,37-41,43,48,53-54,67,75-78,84,86,88,95H,6-8,10-12,15-28H2,1-5H3,(H2,66,80)(H,68,93)(H,69,89)(H,70,94)(H,71,91)(H,72,92)(H,73,90)(H,82,83);/q;+1/p-1/t30-,31-,33+,34+,37-,38-,39-,40-,41-,43-,48-,53-,54+,65-;/m0./s1. The van der Waals surface area contributed by atoms with Crippen LogP contribution >= 0.6 is 0 Å². The van der Waals surface area contributed by atoms with E-state index in [-0.39, 0.29) is 108 Å². The zero-order valence-corrected chi connectivity index (χ0v) is 58.2. The number of phenolic OH excluding ortho intramolecular Hbond substituents is 2. The van der Waals surface area contributed by atoms with E-state index in [2.05, 4.69) is 37.2 Å². The Bertz CT molecular complexity index is 3350. The van der Waals surface area contributed by atoms with E-state index in [0.717, 1.165) is 24.2 Å². The average Bonchev–Trinajstić information content (AvgIpc) is 1.09. The van der Waals surface area contributed by atoms with Gasteiger partial charge in [0, 0.05) is 74.3 Å². The summed E-state index contributed by atoms with van der Waals surface area (Å²) in [4.78, 5) is 162. The summed E-state index contributed by atoms with van der Waals surface area (Å²) in [7, 11) is 1.26. The number of β-amino-alcohol motifs (C(OH)–C–C–N with tert-alkyl or cyclic N) is 1. The number of carboxylic acid groups (broad SMARTS) is 1. The van der Waals surface area contributed by atoms with Gasteiger partial charge in [0.05, 0.1) is 73.5 Å². The first-order valence-corrected chi connectivity index (χ1v) is 32.8. The van der Waals surface area contributed by atoms with E-state index in [9.17, 15) is 103 Å². The van der Waals surface area contributed by atoms with Crippen LogP contribution in [0.15, 0.2) is 18.2 Å². The first-order valence-electron chi connectivity index (χ1n) is 32.8. The molecule has 0 aromatic heterocycles. The Morgan fingerprint density at radius 3 is 2.07 bits per heavy atom. The van der Waals surface area contributed by atoms with Gasteiger partial charge < -0.3 is 113 Å². The SMILES string of the molecule is COc1cccc2c1C(=O)c1c(O)c3c(c(O)c1C2=O)C[C@@](O)(C(=O)CO)C[C@@H]3O[C@H]1C[C@H](NC(=O)[C@H](CC(C)C)NC(=O)[C@H](CO)NC(=O)[C@H](CCC(N)=O)NC(=O)[C@@H](NC[C@H](CO)NC(=O)[C@H](C)NC(=O)[C@@H]2C[C@@H](O)CN2C(=O)CCCC(=O)[O-])C2CCCCC2)[C@H](O)[C@H](C)O1.[Na+]. The molecule has 33 nitrogen and oxygen atoms in total. The van der Waals surface area contributed by atoms with Gasteiger partial charge in [0.15, 0.2) is 17.9 Å². The Morgan fingerprint density at radius 2 is 1.44 bits per heavy atom. The molecule has 2 aliphatic heterocycles. The second-order valence-electron chi connectivity index (χ2n) is 26.2. The number of ketones is 3. The molecule has 0 unspecified atom stereocenters. The summed E-state index contributed by atoms with van der Waals surface area (Å²) in [5, 5.41) is 118. The number of methoxy groups -OCH3 is 1. The monoisotopic (exact) mass is 1400 g/mol. The fourth-order valence-electron chi connectivity index (χ4n) is 13.3. The van der Waals surface area contributed by atoms with Gasteiger partial charge in [-0.2, -0.15) is 0 Å². The van der Waals surface area contributed by atoms with Gasteiger partial charge >= 0.3 is 29.6 Å². The minimum atomic E-state index is -2.50.